The maximum Gasteiger partial charge on any atom is 0.144 e. The lowest BCUT2D eigenvalue weighted by molar-refractivity contribution is -0.360. The second kappa shape index (κ2) is 10.0. The molecule has 40 heavy (non-hydrogen) atoms. The first-order valence-corrected chi connectivity index (χ1v) is 14.9. The molecular formula is C38H36O2. The molecule has 0 aromatic heterocycles. The molecule has 2 nitrogen and oxygen atoms in total. The average molecular weight is 525 g/mol. The van der Waals surface area contributed by atoms with Gasteiger partial charge < -0.3 is 0 Å². The zero-order valence-corrected chi connectivity index (χ0v) is 23.9. The Kier molecular flexibility index (Phi) is 6.34. The van der Waals surface area contributed by atoms with Crippen LogP contribution >= 0.6 is 0 Å². The normalized spacial score (nSPS) is 17.2. The van der Waals surface area contributed by atoms with E-state index in [4.69, 9.17) is 9.78 Å². The zero-order chi connectivity index (χ0) is 27.4. The molecule has 2 heteroatoms. The van der Waals surface area contributed by atoms with E-state index >= 15 is 0 Å². The highest BCUT2D eigenvalue weighted by atomic mass is 17.2. The predicted octanol–water partition coefficient (Wildman–Crippen LogP) is 9.88. The van der Waals surface area contributed by atoms with Crippen molar-refractivity contribution in [1.82, 2.24) is 0 Å². The number of hydrogen-bond donors (Lipinski definition) is 0. The van der Waals surface area contributed by atoms with E-state index in [-0.39, 0.29) is 12.2 Å². The molecular weight excluding hydrogens is 488 g/mol. The van der Waals surface area contributed by atoms with Gasteiger partial charge in [0.1, 0.15) is 12.2 Å². The second-order valence-corrected chi connectivity index (χ2v) is 11.0. The highest BCUT2D eigenvalue weighted by Gasteiger charge is 2.45. The molecule has 0 fully saturated rings. The summed E-state index contributed by atoms with van der Waals surface area (Å²) in [6.07, 6.45) is 3.37. The third kappa shape index (κ3) is 3.56. The third-order valence-corrected chi connectivity index (χ3v) is 9.13. The van der Waals surface area contributed by atoms with Crippen LogP contribution in [0.4, 0.5) is 0 Å². The van der Waals surface area contributed by atoms with Gasteiger partial charge in [-0.2, -0.15) is 0 Å². The van der Waals surface area contributed by atoms with E-state index < -0.39 is 0 Å². The van der Waals surface area contributed by atoms with E-state index in [0.717, 1.165) is 25.7 Å². The minimum Gasteiger partial charge on any atom is -0.223 e. The van der Waals surface area contributed by atoms with E-state index in [9.17, 15) is 0 Å². The number of aryl methyl sites for hydroxylation is 4. The Labute approximate surface area is 237 Å². The van der Waals surface area contributed by atoms with Crippen LogP contribution in [0.2, 0.25) is 0 Å². The van der Waals surface area contributed by atoms with Crippen molar-refractivity contribution in [1.29, 1.82) is 0 Å². The molecule has 0 saturated carbocycles. The van der Waals surface area contributed by atoms with Crippen molar-refractivity contribution in [2.45, 2.75) is 65.6 Å². The molecule has 0 saturated heterocycles. The first-order chi connectivity index (χ1) is 19.7. The summed E-state index contributed by atoms with van der Waals surface area (Å²) in [6.45, 7) is 9.08. The van der Waals surface area contributed by atoms with Crippen LogP contribution in [0.5, 0.6) is 0 Å². The summed E-state index contributed by atoms with van der Waals surface area (Å²) in [6, 6.07) is 31.4. The summed E-state index contributed by atoms with van der Waals surface area (Å²) in [5.74, 6) is 0. The van der Waals surface area contributed by atoms with Gasteiger partial charge in [0.2, 0.25) is 0 Å². The van der Waals surface area contributed by atoms with Gasteiger partial charge in [0.25, 0.3) is 0 Å². The van der Waals surface area contributed by atoms with Crippen molar-refractivity contribution in [3.8, 4) is 22.3 Å². The molecule has 5 aromatic carbocycles. The van der Waals surface area contributed by atoms with Gasteiger partial charge in [0, 0.05) is 11.1 Å². The van der Waals surface area contributed by atoms with Crippen molar-refractivity contribution in [3.63, 3.8) is 0 Å². The molecule has 200 valence electrons. The summed E-state index contributed by atoms with van der Waals surface area (Å²) in [5, 5.41) is 2.60. The van der Waals surface area contributed by atoms with Crippen LogP contribution in [-0.4, -0.2) is 0 Å². The summed E-state index contributed by atoms with van der Waals surface area (Å²) >= 11 is 0. The van der Waals surface area contributed by atoms with Gasteiger partial charge in [0.05, 0.1) is 0 Å². The molecule has 8 rings (SSSR count). The Hall–Kier alpha value is -3.72. The Bertz CT molecular complexity index is 1590. The van der Waals surface area contributed by atoms with Crippen LogP contribution in [0, 0.1) is 0 Å². The number of benzene rings is 5. The van der Waals surface area contributed by atoms with Crippen molar-refractivity contribution in [2.24, 2.45) is 0 Å². The molecule has 2 atom stereocenters. The monoisotopic (exact) mass is 524 g/mol. The molecule has 0 spiro atoms. The van der Waals surface area contributed by atoms with Gasteiger partial charge in [-0.15, -0.1) is 0 Å². The Morgan fingerprint density at radius 1 is 0.425 bits per heavy atom. The highest BCUT2D eigenvalue weighted by molar-refractivity contribution is 6.10. The SMILES string of the molecule is CCc1cccc(CC)c1-c1c2c(c(-c3c(CC)cccc3CC)c3ccccc13)C1OOC2c2ccccc21. The van der Waals surface area contributed by atoms with Crippen LogP contribution in [0.1, 0.15) is 84.4 Å². The lowest BCUT2D eigenvalue weighted by Crippen LogP contribution is -2.30. The molecule has 0 radical (unpaired) electrons. The zero-order valence-electron chi connectivity index (χ0n) is 23.9. The van der Waals surface area contributed by atoms with E-state index in [1.165, 1.54) is 77.5 Å². The first kappa shape index (κ1) is 25.3. The van der Waals surface area contributed by atoms with Gasteiger partial charge in [-0.25, -0.2) is 9.78 Å². The van der Waals surface area contributed by atoms with Crippen molar-refractivity contribution >= 4 is 10.8 Å². The second-order valence-electron chi connectivity index (χ2n) is 11.0. The minimum absolute atomic E-state index is 0.275. The molecule has 1 aliphatic carbocycles. The first-order valence-electron chi connectivity index (χ1n) is 14.9. The lowest BCUT2D eigenvalue weighted by Gasteiger charge is -2.42. The predicted molar refractivity (Wildman–Crippen MR) is 165 cm³/mol. The van der Waals surface area contributed by atoms with Crippen LogP contribution in [0.15, 0.2) is 84.9 Å². The fraction of sp³-hybridized carbons (Fsp3) is 0.263. The fourth-order valence-corrected chi connectivity index (χ4v) is 7.30. The summed E-state index contributed by atoms with van der Waals surface area (Å²) < 4.78 is 0. The van der Waals surface area contributed by atoms with Gasteiger partial charge in [0.15, 0.2) is 0 Å². The van der Waals surface area contributed by atoms with E-state index in [2.05, 4.69) is 113 Å². The van der Waals surface area contributed by atoms with E-state index in [1.54, 1.807) is 0 Å². The fourth-order valence-electron chi connectivity index (χ4n) is 7.30. The molecule has 2 aliphatic heterocycles. The standard InChI is InChI=1S/C38H36O2/c1-5-23-15-13-16-24(6-2)31(23)33-27-19-9-10-20-28(27)34(32-25(7-3)17-14-18-26(32)8-4)36-35(33)37-29-21-11-12-22-30(29)38(36)40-39-37/h9-22,37-38H,5-8H2,1-4H3. The molecule has 3 aliphatic rings. The molecule has 2 bridgehead atoms. The number of hydrogen-bond acceptors (Lipinski definition) is 2. The Morgan fingerprint density at radius 3 is 1.12 bits per heavy atom. The van der Waals surface area contributed by atoms with Gasteiger partial charge in [-0.05, 0) is 92.1 Å². The lowest BCUT2D eigenvalue weighted by atomic mass is 9.70. The molecule has 2 heterocycles. The molecule has 5 aromatic rings. The van der Waals surface area contributed by atoms with Crippen LogP contribution in [-0.2, 0) is 35.5 Å². The summed E-state index contributed by atoms with van der Waals surface area (Å²) in [4.78, 5) is 12.6. The maximum absolute atomic E-state index is 6.29. The van der Waals surface area contributed by atoms with Crippen LogP contribution in [0.3, 0.4) is 0 Å². The molecule has 0 amide bonds. The van der Waals surface area contributed by atoms with Crippen LogP contribution in [0.25, 0.3) is 33.0 Å². The largest absolute Gasteiger partial charge is 0.223 e. The Balaban J connectivity index is 1.73. The maximum atomic E-state index is 6.29. The quantitative estimate of drug-likeness (QED) is 0.206. The minimum atomic E-state index is -0.275. The molecule has 0 N–H and O–H groups in total. The third-order valence-electron chi connectivity index (χ3n) is 9.13. The van der Waals surface area contributed by atoms with Gasteiger partial charge in [-0.3, -0.25) is 0 Å². The van der Waals surface area contributed by atoms with Gasteiger partial charge >= 0.3 is 0 Å². The van der Waals surface area contributed by atoms with E-state index in [0.29, 0.717) is 0 Å². The van der Waals surface area contributed by atoms with Crippen molar-refractivity contribution < 1.29 is 9.78 Å². The van der Waals surface area contributed by atoms with Crippen molar-refractivity contribution in [2.75, 3.05) is 0 Å². The molecule has 2 unspecified atom stereocenters. The van der Waals surface area contributed by atoms with E-state index in [1.807, 2.05) is 0 Å². The topological polar surface area (TPSA) is 18.5 Å². The number of fused-ring (bicyclic) bond motifs is 2. The smallest absolute Gasteiger partial charge is 0.144 e. The van der Waals surface area contributed by atoms with Gasteiger partial charge in [-0.1, -0.05) is 113 Å². The summed E-state index contributed by atoms with van der Waals surface area (Å²) in [7, 11) is 0. The average Bonchev–Trinajstić information content (AvgIpc) is 3.03. The number of rotatable bonds is 6. The van der Waals surface area contributed by atoms with Crippen LogP contribution < -0.4 is 0 Å². The highest BCUT2D eigenvalue weighted by Crippen LogP contribution is 2.58. The summed E-state index contributed by atoms with van der Waals surface area (Å²) in [5.41, 5.74) is 16.0. The Morgan fingerprint density at radius 2 is 0.775 bits per heavy atom. The van der Waals surface area contributed by atoms with Crippen molar-refractivity contribution in [3.05, 3.63) is 129 Å².